The third-order valence-corrected chi connectivity index (χ3v) is 7.86. The predicted molar refractivity (Wildman–Crippen MR) is 138 cm³/mol. The molecule has 1 N–H and O–H groups in total. The average Bonchev–Trinajstić information content (AvgIpc) is 3.35. The summed E-state index contributed by atoms with van der Waals surface area (Å²) in [7, 11) is 1.65. The molecule has 34 heavy (non-hydrogen) atoms. The van der Waals surface area contributed by atoms with Gasteiger partial charge < -0.3 is 9.84 Å². The molecule has 0 aliphatic carbocycles. The summed E-state index contributed by atoms with van der Waals surface area (Å²) in [5.41, 5.74) is 1.76. The van der Waals surface area contributed by atoms with Crippen molar-refractivity contribution in [3.8, 4) is 17.6 Å². The van der Waals surface area contributed by atoms with E-state index in [-0.39, 0.29) is 11.8 Å². The molecule has 0 saturated carbocycles. The number of carboxylic acid groups (broad SMARTS) is 1. The maximum absolute atomic E-state index is 11.7. The molecule has 1 aromatic carbocycles. The number of pyridine rings is 1. The second kappa shape index (κ2) is 11.2. The van der Waals surface area contributed by atoms with Crippen molar-refractivity contribution in [1.29, 1.82) is 0 Å². The zero-order chi connectivity index (χ0) is 24.0. The van der Waals surface area contributed by atoms with Gasteiger partial charge in [0.2, 0.25) is 0 Å². The number of nitrogens with zero attached hydrogens (tertiary/aromatic N) is 2. The van der Waals surface area contributed by atoms with Crippen molar-refractivity contribution in [2.45, 2.75) is 38.5 Å². The van der Waals surface area contributed by atoms with Gasteiger partial charge in [0.05, 0.1) is 35.5 Å². The number of aryl methyl sites for hydroxylation is 1. The van der Waals surface area contributed by atoms with Crippen molar-refractivity contribution in [3.05, 3.63) is 57.4 Å². The number of fused-ring (bicyclic) bond motifs is 1. The van der Waals surface area contributed by atoms with Crippen LogP contribution in [0.2, 0.25) is 5.02 Å². The Labute approximate surface area is 209 Å². The van der Waals surface area contributed by atoms with E-state index in [1.807, 2.05) is 35.7 Å². The Bertz CT molecular complexity index is 1190. The van der Waals surface area contributed by atoms with E-state index in [0.717, 1.165) is 78.8 Å². The van der Waals surface area contributed by atoms with Crippen LogP contribution >= 0.6 is 22.9 Å². The SMILES string of the molecule is COc1ccc2ncc(Cl)c(CCCC3(CC(=O)O)CCN(CC#Cc4cccs4)CC3)c2c1. The number of ether oxygens (including phenoxy) is 1. The fraction of sp³-hybridized carbons (Fsp3) is 0.407. The van der Waals surface area contributed by atoms with Gasteiger partial charge in [-0.25, -0.2) is 0 Å². The molecule has 0 bridgehead atoms. The Morgan fingerprint density at radius 3 is 2.85 bits per heavy atom. The number of carboxylic acids is 1. The lowest BCUT2D eigenvalue weighted by atomic mass is 9.72. The van der Waals surface area contributed by atoms with Crippen molar-refractivity contribution in [2.75, 3.05) is 26.7 Å². The fourth-order valence-corrected chi connectivity index (χ4v) is 5.67. The van der Waals surface area contributed by atoms with Crippen molar-refractivity contribution in [2.24, 2.45) is 5.41 Å². The summed E-state index contributed by atoms with van der Waals surface area (Å²) >= 11 is 8.18. The Morgan fingerprint density at radius 1 is 1.32 bits per heavy atom. The highest BCUT2D eigenvalue weighted by molar-refractivity contribution is 7.10. The summed E-state index contributed by atoms with van der Waals surface area (Å²) in [4.78, 5) is 19.6. The van der Waals surface area contributed by atoms with Crippen LogP contribution in [-0.4, -0.2) is 47.7 Å². The number of piperidine rings is 1. The number of aromatic nitrogens is 1. The van der Waals surface area contributed by atoms with Gasteiger partial charge in [-0.3, -0.25) is 14.7 Å². The zero-order valence-electron chi connectivity index (χ0n) is 19.3. The van der Waals surface area contributed by atoms with E-state index in [9.17, 15) is 9.90 Å². The number of thiophene rings is 1. The molecule has 0 radical (unpaired) electrons. The van der Waals surface area contributed by atoms with Crippen LogP contribution in [-0.2, 0) is 11.2 Å². The van der Waals surface area contributed by atoms with Crippen LogP contribution in [0.4, 0.5) is 0 Å². The van der Waals surface area contributed by atoms with Crippen molar-refractivity contribution < 1.29 is 14.6 Å². The molecular weight excluding hydrogens is 468 g/mol. The topological polar surface area (TPSA) is 62.7 Å². The quantitative estimate of drug-likeness (QED) is 0.394. The first-order valence-electron chi connectivity index (χ1n) is 11.6. The molecule has 0 amide bonds. The van der Waals surface area contributed by atoms with Crippen LogP contribution in [0.3, 0.4) is 0 Å². The van der Waals surface area contributed by atoms with Gasteiger partial charge in [0.1, 0.15) is 5.75 Å². The molecule has 3 heterocycles. The van der Waals surface area contributed by atoms with E-state index in [2.05, 4.69) is 21.7 Å². The van der Waals surface area contributed by atoms with Gasteiger partial charge in [0, 0.05) is 11.6 Å². The number of hydrogen-bond donors (Lipinski definition) is 1. The van der Waals surface area contributed by atoms with Crippen molar-refractivity contribution in [1.82, 2.24) is 9.88 Å². The van der Waals surface area contributed by atoms with Crippen LogP contribution in [0.15, 0.2) is 41.9 Å². The first-order chi connectivity index (χ1) is 16.5. The Hall–Kier alpha value is -2.59. The second-order valence-electron chi connectivity index (χ2n) is 8.95. The normalized spacial score (nSPS) is 15.6. The first kappa shape index (κ1) is 24.5. The highest BCUT2D eigenvalue weighted by Gasteiger charge is 2.36. The Balaban J connectivity index is 1.40. The van der Waals surface area contributed by atoms with Crippen LogP contribution in [0.5, 0.6) is 5.75 Å². The third-order valence-electron chi connectivity index (χ3n) is 6.75. The van der Waals surface area contributed by atoms with Gasteiger partial charge in [-0.1, -0.05) is 29.5 Å². The number of rotatable bonds is 8. The zero-order valence-corrected chi connectivity index (χ0v) is 20.9. The van der Waals surface area contributed by atoms with Crippen LogP contribution in [0.1, 0.15) is 42.5 Å². The van der Waals surface area contributed by atoms with Gasteiger partial charge >= 0.3 is 5.97 Å². The van der Waals surface area contributed by atoms with Gasteiger partial charge in [-0.05, 0) is 85.8 Å². The molecule has 3 aromatic rings. The maximum atomic E-state index is 11.7. The lowest BCUT2D eigenvalue weighted by Crippen LogP contribution is -2.41. The summed E-state index contributed by atoms with van der Waals surface area (Å²) in [5, 5.41) is 13.3. The second-order valence-corrected chi connectivity index (χ2v) is 10.3. The molecule has 2 aromatic heterocycles. The summed E-state index contributed by atoms with van der Waals surface area (Å²) in [6.45, 7) is 2.48. The van der Waals surface area contributed by atoms with Crippen LogP contribution in [0, 0.1) is 17.3 Å². The average molecular weight is 497 g/mol. The Morgan fingerprint density at radius 2 is 2.15 bits per heavy atom. The number of carbonyl (C=O) groups is 1. The highest BCUT2D eigenvalue weighted by Crippen LogP contribution is 2.40. The molecular formula is C27H29ClN2O3S. The van der Waals surface area contributed by atoms with Gasteiger partial charge in [-0.2, -0.15) is 0 Å². The summed E-state index contributed by atoms with van der Waals surface area (Å²) in [6, 6.07) is 9.85. The van der Waals surface area contributed by atoms with Crippen molar-refractivity contribution in [3.63, 3.8) is 0 Å². The number of aliphatic carboxylic acids is 1. The number of benzene rings is 1. The summed E-state index contributed by atoms with van der Waals surface area (Å²) in [5.74, 6) is 6.53. The van der Waals surface area contributed by atoms with E-state index in [4.69, 9.17) is 16.3 Å². The molecule has 1 fully saturated rings. The molecule has 0 unspecified atom stereocenters. The maximum Gasteiger partial charge on any atom is 0.303 e. The third kappa shape index (κ3) is 6.09. The molecule has 1 saturated heterocycles. The molecule has 4 rings (SSSR count). The molecule has 1 aliphatic heterocycles. The van der Waals surface area contributed by atoms with E-state index in [1.165, 1.54) is 0 Å². The molecule has 7 heteroatoms. The largest absolute Gasteiger partial charge is 0.497 e. The molecule has 178 valence electrons. The first-order valence-corrected chi connectivity index (χ1v) is 12.8. The fourth-order valence-electron chi connectivity index (χ4n) is 4.83. The Kier molecular flexibility index (Phi) is 8.10. The lowest BCUT2D eigenvalue weighted by molar-refractivity contribution is -0.140. The minimum atomic E-state index is -0.719. The van der Waals surface area contributed by atoms with Gasteiger partial charge in [0.25, 0.3) is 0 Å². The highest BCUT2D eigenvalue weighted by atomic mass is 35.5. The smallest absolute Gasteiger partial charge is 0.303 e. The van der Waals surface area contributed by atoms with E-state index in [0.29, 0.717) is 5.02 Å². The van der Waals surface area contributed by atoms with E-state index in [1.54, 1.807) is 24.6 Å². The number of hydrogen-bond acceptors (Lipinski definition) is 5. The predicted octanol–water partition coefficient (Wildman–Crippen LogP) is 5.89. The molecule has 0 spiro atoms. The van der Waals surface area contributed by atoms with Crippen LogP contribution < -0.4 is 4.74 Å². The molecule has 1 aliphatic rings. The monoisotopic (exact) mass is 496 g/mol. The number of methoxy groups -OCH3 is 1. The van der Waals surface area contributed by atoms with Crippen LogP contribution in [0.25, 0.3) is 10.9 Å². The number of likely N-dealkylation sites (tertiary alicyclic amines) is 1. The minimum absolute atomic E-state index is 0.184. The molecule has 5 nitrogen and oxygen atoms in total. The van der Waals surface area contributed by atoms with E-state index < -0.39 is 5.97 Å². The van der Waals surface area contributed by atoms with Gasteiger partial charge in [0.15, 0.2) is 0 Å². The van der Waals surface area contributed by atoms with Gasteiger partial charge in [-0.15, -0.1) is 11.3 Å². The summed E-state index contributed by atoms with van der Waals surface area (Å²) < 4.78 is 5.39. The van der Waals surface area contributed by atoms with Crippen molar-refractivity contribution >= 4 is 39.8 Å². The number of halogens is 1. The minimum Gasteiger partial charge on any atom is -0.497 e. The molecule has 0 atom stereocenters. The lowest BCUT2D eigenvalue weighted by Gasteiger charge is -2.40. The standard InChI is InChI=1S/C27H29ClN2O3S/c1-33-20-8-9-25-23(17-20)22(24(28)19-29-25)7-2-10-27(18-26(31)32)11-14-30(15-12-27)13-3-5-21-6-4-16-34-21/h4,6,8-9,16-17,19H,2,7,10-15,18H2,1H3,(H,31,32). The summed E-state index contributed by atoms with van der Waals surface area (Å²) in [6.07, 6.45) is 6.17. The van der Waals surface area contributed by atoms with E-state index >= 15 is 0 Å².